The maximum absolute atomic E-state index is 14.5. The van der Waals surface area contributed by atoms with Crippen molar-refractivity contribution in [3.8, 4) is 0 Å². The van der Waals surface area contributed by atoms with E-state index in [0.29, 0.717) is 25.9 Å². The molecular weight excluding hydrogens is 288 g/mol. The number of likely N-dealkylation sites (tertiary alicyclic amines) is 1. The molecule has 2 rings (SSSR count). The number of halogens is 2. The van der Waals surface area contributed by atoms with Gasteiger partial charge in [-0.15, -0.1) is 0 Å². The van der Waals surface area contributed by atoms with Gasteiger partial charge in [-0.25, -0.2) is 13.6 Å². The molecule has 1 aliphatic rings. The molecule has 1 aromatic carbocycles. The van der Waals surface area contributed by atoms with E-state index < -0.39 is 17.6 Å². The zero-order valence-electron chi connectivity index (χ0n) is 13.3. The second-order valence-corrected chi connectivity index (χ2v) is 6.73. The average Bonchev–Trinajstić information content (AvgIpc) is 2.45. The van der Waals surface area contributed by atoms with Crippen molar-refractivity contribution in [1.82, 2.24) is 4.90 Å². The standard InChI is InChI=1S/C17H23F2NO2/c1-17(2,3)22-16(21)20-10-8-12(9-11-20)15(19)13-6-4-5-7-14(13)18/h4-7,12,15H,8-11H2,1-3H3. The molecule has 0 spiro atoms. The molecule has 1 fully saturated rings. The van der Waals surface area contributed by atoms with Gasteiger partial charge in [0.25, 0.3) is 0 Å². The summed E-state index contributed by atoms with van der Waals surface area (Å²) in [5.74, 6) is -0.778. The first kappa shape index (κ1) is 16.7. The van der Waals surface area contributed by atoms with E-state index in [2.05, 4.69) is 0 Å². The smallest absolute Gasteiger partial charge is 0.410 e. The van der Waals surface area contributed by atoms with E-state index in [1.807, 2.05) is 20.8 Å². The Labute approximate surface area is 130 Å². The molecule has 0 bridgehead atoms. The number of carbonyl (C=O) groups excluding carboxylic acids is 1. The van der Waals surface area contributed by atoms with Gasteiger partial charge in [-0.05, 0) is 45.6 Å². The molecule has 1 amide bonds. The van der Waals surface area contributed by atoms with Gasteiger partial charge in [0.05, 0.1) is 0 Å². The average molecular weight is 311 g/mol. The SMILES string of the molecule is CC(C)(C)OC(=O)N1CCC(C(F)c2ccccc2F)CC1. The van der Waals surface area contributed by atoms with Crippen LogP contribution in [0.25, 0.3) is 0 Å². The van der Waals surface area contributed by atoms with Crippen LogP contribution in [0.5, 0.6) is 0 Å². The summed E-state index contributed by atoms with van der Waals surface area (Å²) in [6.45, 7) is 6.32. The third-order valence-electron chi connectivity index (χ3n) is 3.81. The number of hydrogen-bond acceptors (Lipinski definition) is 2. The predicted molar refractivity (Wildman–Crippen MR) is 80.8 cm³/mol. The van der Waals surface area contributed by atoms with Crippen LogP contribution in [0.1, 0.15) is 45.3 Å². The maximum Gasteiger partial charge on any atom is 0.410 e. The molecule has 1 saturated heterocycles. The number of alkyl halides is 1. The van der Waals surface area contributed by atoms with Gasteiger partial charge < -0.3 is 9.64 Å². The van der Waals surface area contributed by atoms with Gasteiger partial charge in [0.15, 0.2) is 0 Å². The Morgan fingerprint density at radius 3 is 2.41 bits per heavy atom. The van der Waals surface area contributed by atoms with Crippen LogP contribution < -0.4 is 0 Å². The molecule has 1 unspecified atom stereocenters. The number of rotatable bonds is 2. The normalized spacial score (nSPS) is 18.1. The van der Waals surface area contributed by atoms with Gasteiger partial charge >= 0.3 is 6.09 Å². The van der Waals surface area contributed by atoms with E-state index in [1.54, 1.807) is 17.0 Å². The molecule has 1 heterocycles. The number of ether oxygens (including phenoxy) is 1. The van der Waals surface area contributed by atoms with Gasteiger partial charge in [0, 0.05) is 18.7 Å². The van der Waals surface area contributed by atoms with Crippen LogP contribution in [0.2, 0.25) is 0 Å². The van der Waals surface area contributed by atoms with E-state index in [0.717, 1.165) is 0 Å². The summed E-state index contributed by atoms with van der Waals surface area (Å²) in [5, 5.41) is 0. The minimum absolute atomic E-state index is 0.109. The molecule has 1 atom stereocenters. The second kappa shape index (κ2) is 6.63. The molecule has 3 nitrogen and oxygen atoms in total. The van der Waals surface area contributed by atoms with Crippen molar-refractivity contribution in [3.63, 3.8) is 0 Å². The number of hydrogen-bond donors (Lipinski definition) is 0. The van der Waals surface area contributed by atoms with Gasteiger partial charge in [-0.1, -0.05) is 18.2 Å². The highest BCUT2D eigenvalue weighted by molar-refractivity contribution is 5.68. The Bertz CT molecular complexity index is 520. The fraction of sp³-hybridized carbons (Fsp3) is 0.588. The lowest BCUT2D eigenvalue weighted by Gasteiger charge is -2.34. The quantitative estimate of drug-likeness (QED) is 0.805. The highest BCUT2D eigenvalue weighted by Gasteiger charge is 2.32. The highest BCUT2D eigenvalue weighted by atomic mass is 19.1. The molecule has 22 heavy (non-hydrogen) atoms. The topological polar surface area (TPSA) is 29.5 Å². The molecular formula is C17H23F2NO2. The largest absolute Gasteiger partial charge is 0.444 e. The van der Waals surface area contributed by atoms with Gasteiger partial charge in [-0.2, -0.15) is 0 Å². The summed E-state index contributed by atoms with van der Waals surface area (Å²) >= 11 is 0. The molecule has 0 aliphatic carbocycles. The Balaban J connectivity index is 1.92. The molecule has 122 valence electrons. The van der Waals surface area contributed by atoms with Crippen LogP contribution in [0.15, 0.2) is 24.3 Å². The Morgan fingerprint density at radius 1 is 1.27 bits per heavy atom. The van der Waals surface area contributed by atoms with Crippen molar-refractivity contribution < 1.29 is 18.3 Å². The monoisotopic (exact) mass is 311 g/mol. The van der Waals surface area contributed by atoms with Crippen LogP contribution in [-0.2, 0) is 4.74 Å². The van der Waals surface area contributed by atoms with Gasteiger partial charge in [0.1, 0.15) is 17.6 Å². The number of benzene rings is 1. The lowest BCUT2D eigenvalue weighted by atomic mass is 9.88. The predicted octanol–water partition coefficient (Wildman–Crippen LogP) is 4.48. The highest BCUT2D eigenvalue weighted by Crippen LogP contribution is 2.35. The first-order valence-electron chi connectivity index (χ1n) is 7.64. The third kappa shape index (κ3) is 4.18. The minimum atomic E-state index is -1.33. The Morgan fingerprint density at radius 2 is 1.86 bits per heavy atom. The van der Waals surface area contributed by atoms with E-state index in [-0.39, 0.29) is 17.6 Å². The van der Waals surface area contributed by atoms with Crippen LogP contribution in [0, 0.1) is 11.7 Å². The molecule has 1 aliphatic heterocycles. The van der Waals surface area contributed by atoms with E-state index in [9.17, 15) is 13.6 Å². The van der Waals surface area contributed by atoms with Crippen LogP contribution >= 0.6 is 0 Å². The fourth-order valence-corrected chi connectivity index (χ4v) is 2.65. The van der Waals surface area contributed by atoms with Crippen molar-refractivity contribution in [2.75, 3.05) is 13.1 Å². The van der Waals surface area contributed by atoms with Crippen LogP contribution in [0.4, 0.5) is 13.6 Å². The number of amides is 1. The van der Waals surface area contributed by atoms with Gasteiger partial charge in [-0.3, -0.25) is 0 Å². The summed E-state index contributed by atoms with van der Waals surface area (Å²) in [7, 11) is 0. The van der Waals surface area contributed by atoms with Crippen LogP contribution in [0.3, 0.4) is 0 Å². The lowest BCUT2D eigenvalue weighted by Crippen LogP contribution is -2.42. The van der Waals surface area contributed by atoms with E-state index >= 15 is 0 Å². The summed E-state index contributed by atoms with van der Waals surface area (Å²) in [6, 6.07) is 5.95. The van der Waals surface area contributed by atoms with Crippen molar-refractivity contribution in [2.24, 2.45) is 5.92 Å². The van der Waals surface area contributed by atoms with Gasteiger partial charge in [0.2, 0.25) is 0 Å². The van der Waals surface area contributed by atoms with Crippen molar-refractivity contribution in [1.29, 1.82) is 0 Å². The Hall–Kier alpha value is -1.65. The molecule has 1 aromatic rings. The number of carbonyl (C=O) groups is 1. The molecule has 0 radical (unpaired) electrons. The minimum Gasteiger partial charge on any atom is -0.444 e. The zero-order chi connectivity index (χ0) is 16.3. The number of piperidine rings is 1. The van der Waals surface area contributed by atoms with E-state index in [1.165, 1.54) is 12.1 Å². The number of nitrogens with zero attached hydrogens (tertiary/aromatic N) is 1. The first-order valence-corrected chi connectivity index (χ1v) is 7.64. The van der Waals surface area contributed by atoms with Crippen LogP contribution in [-0.4, -0.2) is 29.7 Å². The zero-order valence-corrected chi connectivity index (χ0v) is 13.3. The van der Waals surface area contributed by atoms with Crippen molar-refractivity contribution >= 4 is 6.09 Å². The van der Waals surface area contributed by atoms with Crippen molar-refractivity contribution in [3.05, 3.63) is 35.6 Å². The second-order valence-electron chi connectivity index (χ2n) is 6.73. The summed E-state index contributed by atoms with van der Waals surface area (Å²) < 4.78 is 33.5. The molecule has 5 heteroatoms. The summed E-state index contributed by atoms with van der Waals surface area (Å²) in [4.78, 5) is 13.6. The summed E-state index contributed by atoms with van der Waals surface area (Å²) in [5.41, 5.74) is -0.429. The Kier molecular flexibility index (Phi) is 5.04. The molecule has 0 aromatic heterocycles. The van der Waals surface area contributed by atoms with E-state index in [4.69, 9.17) is 4.74 Å². The molecule has 0 N–H and O–H groups in total. The fourth-order valence-electron chi connectivity index (χ4n) is 2.65. The first-order chi connectivity index (χ1) is 10.3. The maximum atomic E-state index is 14.5. The summed E-state index contributed by atoms with van der Waals surface area (Å²) in [6.07, 6.45) is -0.682. The molecule has 0 saturated carbocycles. The lowest BCUT2D eigenvalue weighted by molar-refractivity contribution is 0.0142. The third-order valence-corrected chi connectivity index (χ3v) is 3.81. The van der Waals surface area contributed by atoms with Crippen molar-refractivity contribution in [2.45, 2.75) is 45.4 Å².